The highest BCUT2D eigenvalue weighted by atomic mass is 35.5. The molecule has 0 fully saturated rings. The van der Waals surface area contributed by atoms with Gasteiger partial charge in [0.05, 0.1) is 24.9 Å². The Kier molecular flexibility index (Phi) is 4.87. The third kappa shape index (κ3) is 3.23. The third-order valence-corrected chi connectivity index (χ3v) is 3.28. The molecule has 0 unspecified atom stereocenters. The smallest absolute Gasteiger partial charge is 0.179 e. The molecule has 0 spiro atoms. The number of ether oxygens (including phenoxy) is 2. The summed E-state index contributed by atoms with van der Waals surface area (Å²) in [4.78, 5) is 0. The molecule has 1 heterocycles. The third-order valence-electron chi connectivity index (χ3n) is 2.86. The summed E-state index contributed by atoms with van der Waals surface area (Å²) in [6, 6.07) is 5.63. The first-order valence-corrected chi connectivity index (χ1v) is 6.55. The number of nitrogens with one attached hydrogen (secondary N) is 1. The van der Waals surface area contributed by atoms with Crippen LogP contribution in [0, 0.1) is 6.92 Å². The van der Waals surface area contributed by atoms with Crippen molar-refractivity contribution in [1.82, 2.24) is 10.5 Å². The van der Waals surface area contributed by atoms with E-state index in [1.165, 1.54) is 0 Å². The van der Waals surface area contributed by atoms with E-state index < -0.39 is 0 Å². The Bertz CT molecular complexity index is 584. The first-order chi connectivity index (χ1) is 9.65. The Morgan fingerprint density at radius 1 is 1.25 bits per heavy atom. The molecule has 0 saturated carbocycles. The van der Waals surface area contributed by atoms with Crippen LogP contribution in [0.1, 0.15) is 17.0 Å². The van der Waals surface area contributed by atoms with Gasteiger partial charge in [-0.25, -0.2) is 0 Å². The summed E-state index contributed by atoms with van der Waals surface area (Å²) in [5.41, 5.74) is 1.80. The van der Waals surface area contributed by atoms with Gasteiger partial charge in [-0.2, -0.15) is 0 Å². The average Bonchev–Trinajstić information content (AvgIpc) is 2.86. The highest BCUT2D eigenvalue weighted by Gasteiger charge is 2.12. The standard InChI is InChI=1S/C14H17ClN2O3/c1-9-6-11(17-20-9)8-16-7-10-4-5-12(18-2)14(19-3)13(10)15/h4-6,16H,7-8H2,1-3H3. The molecule has 1 aromatic carbocycles. The summed E-state index contributed by atoms with van der Waals surface area (Å²) >= 11 is 6.30. The number of hydrogen-bond acceptors (Lipinski definition) is 5. The quantitative estimate of drug-likeness (QED) is 0.888. The molecular formula is C14H17ClN2O3. The second-order valence-corrected chi connectivity index (χ2v) is 4.68. The number of hydrogen-bond donors (Lipinski definition) is 1. The molecule has 0 saturated heterocycles. The summed E-state index contributed by atoms with van der Waals surface area (Å²) in [7, 11) is 3.15. The van der Waals surface area contributed by atoms with Gasteiger partial charge in [0.15, 0.2) is 11.5 Å². The lowest BCUT2D eigenvalue weighted by Crippen LogP contribution is -2.13. The largest absolute Gasteiger partial charge is 0.493 e. The van der Waals surface area contributed by atoms with Crippen molar-refractivity contribution in [3.05, 3.63) is 40.2 Å². The minimum atomic E-state index is 0.547. The van der Waals surface area contributed by atoms with Gasteiger partial charge < -0.3 is 19.3 Å². The van der Waals surface area contributed by atoms with Crippen molar-refractivity contribution in [2.24, 2.45) is 0 Å². The highest BCUT2D eigenvalue weighted by molar-refractivity contribution is 6.33. The Labute approximate surface area is 122 Å². The van der Waals surface area contributed by atoms with Gasteiger partial charge in [-0.15, -0.1) is 0 Å². The number of rotatable bonds is 6. The van der Waals surface area contributed by atoms with Crippen LogP contribution < -0.4 is 14.8 Å². The number of nitrogens with zero attached hydrogens (tertiary/aromatic N) is 1. The maximum absolute atomic E-state index is 6.30. The lowest BCUT2D eigenvalue weighted by Gasteiger charge is -2.13. The van der Waals surface area contributed by atoms with Crippen molar-refractivity contribution in [3.63, 3.8) is 0 Å². The van der Waals surface area contributed by atoms with Gasteiger partial charge in [-0.1, -0.05) is 22.8 Å². The number of aromatic nitrogens is 1. The topological polar surface area (TPSA) is 56.5 Å². The summed E-state index contributed by atoms with van der Waals surface area (Å²) in [6.45, 7) is 3.08. The van der Waals surface area contributed by atoms with Crippen molar-refractivity contribution in [3.8, 4) is 11.5 Å². The molecular weight excluding hydrogens is 280 g/mol. The summed E-state index contributed by atoms with van der Waals surface area (Å²) < 4.78 is 15.5. The van der Waals surface area contributed by atoms with E-state index >= 15 is 0 Å². The zero-order valence-corrected chi connectivity index (χ0v) is 12.5. The Hall–Kier alpha value is -1.72. The average molecular weight is 297 g/mol. The van der Waals surface area contributed by atoms with E-state index in [4.69, 9.17) is 25.6 Å². The number of benzene rings is 1. The van der Waals surface area contributed by atoms with Crippen LogP contribution in [-0.2, 0) is 13.1 Å². The predicted octanol–water partition coefficient (Wildman–Crippen LogP) is 2.94. The van der Waals surface area contributed by atoms with Gasteiger partial charge in [0.2, 0.25) is 0 Å². The van der Waals surface area contributed by atoms with Crippen LogP contribution in [0.15, 0.2) is 22.7 Å². The van der Waals surface area contributed by atoms with E-state index in [9.17, 15) is 0 Å². The summed E-state index contributed by atoms with van der Waals surface area (Å²) in [6.07, 6.45) is 0. The maximum Gasteiger partial charge on any atom is 0.179 e. The fourth-order valence-corrected chi connectivity index (χ4v) is 2.19. The number of halogens is 1. The molecule has 0 aliphatic heterocycles. The fraction of sp³-hybridized carbons (Fsp3) is 0.357. The lowest BCUT2D eigenvalue weighted by atomic mass is 10.2. The van der Waals surface area contributed by atoms with Crippen LogP contribution in [0.5, 0.6) is 11.5 Å². The molecule has 6 heteroatoms. The van der Waals surface area contributed by atoms with Crippen LogP contribution in [-0.4, -0.2) is 19.4 Å². The van der Waals surface area contributed by atoms with Crippen LogP contribution in [0.3, 0.4) is 0 Å². The van der Waals surface area contributed by atoms with Gasteiger partial charge in [-0.3, -0.25) is 0 Å². The van der Waals surface area contributed by atoms with Crippen molar-refractivity contribution in [1.29, 1.82) is 0 Å². The molecule has 0 aliphatic rings. The molecule has 2 rings (SSSR count). The van der Waals surface area contributed by atoms with Gasteiger partial charge in [0, 0.05) is 19.2 Å². The van der Waals surface area contributed by atoms with Gasteiger partial charge in [-0.05, 0) is 18.6 Å². The molecule has 0 amide bonds. The van der Waals surface area contributed by atoms with Crippen LogP contribution >= 0.6 is 11.6 Å². The summed E-state index contributed by atoms with van der Waals surface area (Å²) in [5.74, 6) is 1.96. The number of aryl methyl sites for hydroxylation is 1. The highest BCUT2D eigenvalue weighted by Crippen LogP contribution is 2.37. The Morgan fingerprint density at radius 2 is 2.05 bits per heavy atom. The first-order valence-electron chi connectivity index (χ1n) is 6.18. The molecule has 2 aromatic rings. The lowest BCUT2D eigenvalue weighted by molar-refractivity contribution is 0.354. The minimum Gasteiger partial charge on any atom is -0.493 e. The van der Waals surface area contributed by atoms with Crippen LogP contribution in [0.25, 0.3) is 0 Å². The molecule has 1 N–H and O–H groups in total. The van der Waals surface area contributed by atoms with E-state index in [1.807, 2.05) is 25.1 Å². The van der Waals surface area contributed by atoms with E-state index in [0.29, 0.717) is 29.6 Å². The molecule has 0 radical (unpaired) electrons. The molecule has 20 heavy (non-hydrogen) atoms. The molecule has 108 valence electrons. The van der Waals surface area contributed by atoms with E-state index in [-0.39, 0.29) is 0 Å². The van der Waals surface area contributed by atoms with Crippen LogP contribution in [0.2, 0.25) is 5.02 Å². The second-order valence-electron chi connectivity index (χ2n) is 4.31. The van der Waals surface area contributed by atoms with Crippen molar-refractivity contribution in [2.45, 2.75) is 20.0 Å². The summed E-state index contributed by atoms with van der Waals surface area (Å²) in [5, 5.41) is 7.72. The monoisotopic (exact) mass is 296 g/mol. The number of methoxy groups -OCH3 is 2. The Morgan fingerprint density at radius 3 is 2.65 bits per heavy atom. The van der Waals surface area contributed by atoms with Crippen LogP contribution in [0.4, 0.5) is 0 Å². The maximum atomic E-state index is 6.30. The Balaban J connectivity index is 2.02. The minimum absolute atomic E-state index is 0.547. The zero-order chi connectivity index (χ0) is 14.5. The molecule has 1 aromatic heterocycles. The van der Waals surface area contributed by atoms with Gasteiger partial charge >= 0.3 is 0 Å². The van der Waals surface area contributed by atoms with E-state index in [1.54, 1.807) is 14.2 Å². The van der Waals surface area contributed by atoms with E-state index in [2.05, 4.69) is 10.5 Å². The molecule has 0 bridgehead atoms. The predicted molar refractivity (Wildman–Crippen MR) is 76.3 cm³/mol. The van der Waals surface area contributed by atoms with Crippen molar-refractivity contribution >= 4 is 11.6 Å². The van der Waals surface area contributed by atoms with E-state index in [0.717, 1.165) is 17.0 Å². The van der Waals surface area contributed by atoms with Gasteiger partial charge in [0.25, 0.3) is 0 Å². The first kappa shape index (κ1) is 14.7. The normalized spacial score (nSPS) is 10.6. The zero-order valence-electron chi connectivity index (χ0n) is 11.7. The van der Waals surface area contributed by atoms with Crippen molar-refractivity contribution in [2.75, 3.05) is 14.2 Å². The van der Waals surface area contributed by atoms with Gasteiger partial charge in [0.1, 0.15) is 5.76 Å². The molecule has 0 atom stereocenters. The molecule has 0 aliphatic carbocycles. The fourth-order valence-electron chi connectivity index (χ4n) is 1.89. The SMILES string of the molecule is COc1ccc(CNCc2cc(C)on2)c(Cl)c1OC. The second kappa shape index (κ2) is 6.63. The van der Waals surface area contributed by atoms with Crippen molar-refractivity contribution < 1.29 is 14.0 Å². The molecule has 5 nitrogen and oxygen atoms in total.